The summed E-state index contributed by atoms with van der Waals surface area (Å²) in [6.45, 7) is 3.83. The van der Waals surface area contributed by atoms with Crippen LogP contribution in [0.1, 0.15) is 84.5 Å². The largest absolute Gasteiger partial charge is 0.393 e. The zero-order chi connectivity index (χ0) is 32.4. The van der Waals surface area contributed by atoms with E-state index in [1.165, 1.54) is 12.2 Å². The van der Waals surface area contributed by atoms with E-state index in [2.05, 4.69) is 0 Å². The summed E-state index contributed by atoms with van der Waals surface area (Å²) in [5.74, 6) is -0.341. The van der Waals surface area contributed by atoms with Crippen molar-refractivity contribution in [3.8, 4) is 0 Å². The van der Waals surface area contributed by atoms with Crippen molar-refractivity contribution >= 4 is 5.78 Å². The van der Waals surface area contributed by atoms with Gasteiger partial charge in [0.05, 0.1) is 61.0 Å². The number of Topliss-reactive ketones (excluding diaryl/α,β-unsaturated/α-hetero) is 1. The van der Waals surface area contributed by atoms with Crippen LogP contribution < -0.4 is 5.73 Å². The molecule has 0 aliphatic rings. The molecular formula is C29H57NO12. The molecule has 0 rings (SSSR count). The highest BCUT2D eigenvalue weighted by molar-refractivity contribution is 5.80. The first-order valence-corrected chi connectivity index (χ1v) is 14.9. The van der Waals surface area contributed by atoms with Crippen molar-refractivity contribution in [3.05, 3.63) is 12.2 Å². The first kappa shape index (κ1) is 40.9. The predicted molar refractivity (Wildman–Crippen MR) is 155 cm³/mol. The zero-order valence-corrected chi connectivity index (χ0v) is 25.0. The van der Waals surface area contributed by atoms with Gasteiger partial charge in [-0.25, -0.2) is 0 Å². The van der Waals surface area contributed by atoms with Gasteiger partial charge in [-0.3, -0.25) is 4.79 Å². The van der Waals surface area contributed by atoms with Gasteiger partial charge in [0.15, 0.2) is 0 Å². The topological polar surface area (TPSA) is 266 Å². The Balaban J connectivity index is 4.39. The van der Waals surface area contributed by atoms with E-state index in [0.717, 1.165) is 0 Å². The van der Waals surface area contributed by atoms with Gasteiger partial charge in [-0.15, -0.1) is 0 Å². The highest BCUT2D eigenvalue weighted by atomic mass is 16.4. The van der Waals surface area contributed by atoms with E-state index in [-0.39, 0.29) is 69.5 Å². The number of aliphatic hydroxyl groups is 11. The van der Waals surface area contributed by atoms with Gasteiger partial charge in [-0.05, 0) is 51.5 Å². The summed E-state index contributed by atoms with van der Waals surface area (Å²) in [5, 5.41) is 111. The van der Waals surface area contributed by atoms with E-state index < -0.39 is 67.1 Å². The van der Waals surface area contributed by atoms with Gasteiger partial charge >= 0.3 is 0 Å². The van der Waals surface area contributed by atoms with Crippen molar-refractivity contribution in [2.24, 2.45) is 11.7 Å². The van der Waals surface area contributed by atoms with Gasteiger partial charge in [-0.2, -0.15) is 0 Å². The van der Waals surface area contributed by atoms with E-state index >= 15 is 0 Å². The molecule has 11 unspecified atom stereocenters. The van der Waals surface area contributed by atoms with E-state index in [4.69, 9.17) is 5.73 Å². The molecule has 13 nitrogen and oxygen atoms in total. The van der Waals surface area contributed by atoms with Gasteiger partial charge in [0.1, 0.15) is 11.9 Å². The Kier molecular flexibility index (Phi) is 21.9. The molecule has 0 aliphatic heterocycles. The normalized spacial score (nSPS) is 20.5. The highest BCUT2D eigenvalue weighted by Gasteiger charge is 2.29. The summed E-state index contributed by atoms with van der Waals surface area (Å²) in [6, 6.07) is 0. The lowest BCUT2D eigenvalue weighted by molar-refractivity contribution is -0.124. The number of carbonyl (C=O) groups is 1. The number of hydrogen-bond acceptors (Lipinski definition) is 13. The second-order valence-corrected chi connectivity index (χ2v) is 11.8. The molecule has 0 bridgehead atoms. The quantitative estimate of drug-likeness (QED) is 0.0498. The number of rotatable bonds is 25. The Morgan fingerprint density at radius 2 is 1.07 bits per heavy atom. The average Bonchev–Trinajstić information content (AvgIpc) is 2.85. The van der Waals surface area contributed by atoms with Crippen LogP contribution in [0.3, 0.4) is 0 Å². The standard InChI is InChI=1S/C29H57NO12/c1-17(2)26(39)14-24(37)12-21(34)9-18(31)5-3-6-19(32)10-22(35)13-25(38)16-28(41)29(42)27(40)15-23(36)11-20(33)7-4-8-30/h3,5,17-25,27-29,31-38,40-42H,4,6-16,30H2,1-2H3/b5-3+. The molecule has 42 heavy (non-hydrogen) atoms. The number of nitrogens with two attached hydrogens (primary N) is 1. The maximum absolute atomic E-state index is 11.7. The predicted octanol–water partition coefficient (Wildman–Crippen LogP) is -2.01. The molecule has 13 N–H and O–H groups in total. The first-order chi connectivity index (χ1) is 19.5. The Labute approximate surface area is 249 Å². The molecule has 0 aromatic rings. The number of aliphatic hydroxyl groups excluding tert-OH is 11. The van der Waals surface area contributed by atoms with Crippen LogP contribution in [-0.2, 0) is 4.79 Å². The second-order valence-electron chi connectivity index (χ2n) is 11.8. The number of ketones is 1. The lowest BCUT2D eigenvalue weighted by Gasteiger charge is -2.27. The molecular weight excluding hydrogens is 554 g/mol. The van der Waals surface area contributed by atoms with E-state index in [0.29, 0.717) is 19.4 Å². The van der Waals surface area contributed by atoms with E-state index in [1.54, 1.807) is 13.8 Å². The molecule has 0 aliphatic carbocycles. The zero-order valence-electron chi connectivity index (χ0n) is 25.0. The molecule has 0 saturated heterocycles. The molecule has 250 valence electrons. The fourth-order valence-corrected chi connectivity index (χ4v) is 4.60. The molecule has 11 atom stereocenters. The Hall–Kier alpha value is -1.07. The minimum atomic E-state index is -1.68. The minimum Gasteiger partial charge on any atom is -0.393 e. The van der Waals surface area contributed by atoms with Crippen LogP contribution in [0.4, 0.5) is 0 Å². The Morgan fingerprint density at radius 1 is 0.619 bits per heavy atom. The summed E-state index contributed by atoms with van der Waals surface area (Å²) in [4.78, 5) is 11.7. The van der Waals surface area contributed by atoms with Crippen LogP contribution in [0.15, 0.2) is 12.2 Å². The number of carbonyl (C=O) groups excluding carboxylic acids is 1. The molecule has 0 radical (unpaired) electrons. The van der Waals surface area contributed by atoms with E-state index in [9.17, 15) is 61.0 Å². The molecule has 13 heteroatoms. The molecule has 0 aromatic carbocycles. The fraction of sp³-hybridized carbons (Fsp3) is 0.897. The van der Waals surface area contributed by atoms with Gasteiger partial charge in [0.25, 0.3) is 0 Å². The van der Waals surface area contributed by atoms with Crippen molar-refractivity contribution in [1.82, 2.24) is 0 Å². The molecule has 0 fully saturated rings. The summed E-state index contributed by atoms with van der Waals surface area (Å²) < 4.78 is 0. The Morgan fingerprint density at radius 3 is 1.60 bits per heavy atom. The SMILES string of the molecule is CC(C)C(=O)CC(O)CC(O)CC(O)/C=C/CC(O)CC(O)CC(O)CC(O)C(O)C(O)CC(O)CC(O)CCCN. The average molecular weight is 612 g/mol. The lowest BCUT2D eigenvalue weighted by atomic mass is 9.94. The van der Waals surface area contributed by atoms with Crippen molar-refractivity contribution in [3.63, 3.8) is 0 Å². The smallest absolute Gasteiger partial charge is 0.137 e. The minimum absolute atomic E-state index is 0.0288. The highest BCUT2D eigenvalue weighted by Crippen LogP contribution is 2.18. The van der Waals surface area contributed by atoms with E-state index in [1.807, 2.05) is 0 Å². The van der Waals surface area contributed by atoms with Gasteiger partial charge in [-0.1, -0.05) is 26.0 Å². The third kappa shape index (κ3) is 20.0. The fourth-order valence-electron chi connectivity index (χ4n) is 4.60. The molecule has 0 amide bonds. The van der Waals surface area contributed by atoms with Gasteiger partial charge < -0.3 is 61.9 Å². The van der Waals surface area contributed by atoms with Crippen LogP contribution in [0.2, 0.25) is 0 Å². The number of hydrogen-bond donors (Lipinski definition) is 12. The van der Waals surface area contributed by atoms with Crippen LogP contribution in [0.5, 0.6) is 0 Å². The maximum Gasteiger partial charge on any atom is 0.137 e. The summed E-state index contributed by atoms with van der Waals surface area (Å²) in [6.07, 6.45) is -10.7. The van der Waals surface area contributed by atoms with Crippen molar-refractivity contribution in [1.29, 1.82) is 0 Å². The summed E-state index contributed by atoms with van der Waals surface area (Å²) in [7, 11) is 0. The first-order valence-electron chi connectivity index (χ1n) is 14.9. The molecule has 0 aromatic heterocycles. The third-order valence-electron chi connectivity index (χ3n) is 7.09. The Bertz CT molecular complexity index is 727. The van der Waals surface area contributed by atoms with Crippen molar-refractivity contribution < 1.29 is 61.0 Å². The third-order valence-corrected chi connectivity index (χ3v) is 7.09. The lowest BCUT2D eigenvalue weighted by Crippen LogP contribution is -2.41. The molecule has 0 heterocycles. The van der Waals surface area contributed by atoms with Gasteiger partial charge in [0.2, 0.25) is 0 Å². The molecule has 0 spiro atoms. The van der Waals surface area contributed by atoms with Crippen LogP contribution in [-0.4, -0.2) is 136 Å². The van der Waals surface area contributed by atoms with Crippen LogP contribution >= 0.6 is 0 Å². The summed E-state index contributed by atoms with van der Waals surface area (Å²) >= 11 is 0. The van der Waals surface area contributed by atoms with Crippen LogP contribution in [0.25, 0.3) is 0 Å². The maximum atomic E-state index is 11.7. The molecule has 0 saturated carbocycles. The van der Waals surface area contributed by atoms with Crippen molar-refractivity contribution in [2.45, 2.75) is 152 Å². The van der Waals surface area contributed by atoms with Crippen LogP contribution in [0, 0.1) is 5.92 Å². The second kappa shape index (κ2) is 22.4. The van der Waals surface area contributed by atoms with Gasteiger partial charge in [0, 0.05) is 31.6 Å². The monoisotopic (exact) mass is 611 g/mol. The summed E-state index contributed by atoms with van der Waals surface area (Å²) in [5.41, 5.74) is 5.37. The van der Waals surface area contributed by atoms with Crippen molar-refractivity contribution in [2.75, 3.05) is 6.54 Å².